The normalized spacial score (nSPS) is 16.3. The number of nitrogens with zero attached hydrogens (tertiary/aromatic N) is 1. The summed E-state index contributed by atoms with van der Waals surface area (Å²) in [5.41, 5.74) is 1.13. The summed E-state index contributed by atoms with van der Waals surface area (Å²) in [6, 6.07) is 11.1. The molecule has 1 saturated heterocycles. The van der Waals surface area contributed by atoms with Gasteiger partial charge in [-0.2, -0.15) is 0 Å². The van der Waals surface area contributed by atoms with Crippen molar-refractivity contribution in [3.8, 4) is 5.75 Å². The van der Waals surface area contributed by atoms with E-state index in [1.807, 2.05) is 43.5 Å². The highest BCUT2D eigenvalue weighted by molar-refractivity contribution is 7.12. The SMILES string of the molecule is COc1cccc(C(CNC(=O)C(NC(=O)c2cccs2)C(C)C)N2CCCC2)c1. The van der Waals surface area contributed by atoms with Crippen LogP contribution in [0.5, 0.6) is 5.75 Å². The minimum absolute atomic E-state index is 0.0176. The van der Waals surface area contributed by atoms with E-state index < -0.39 is 6.04 Å². The van der Waals surface area contributed by atoms with Crippen molar-refractivity contribution in [2.24, 2.45) is 5.92 Å². The number of methoxy groups -OCH3 is 1. The lowest BCUT2D eigenvalue weighted by molar-refractivity contribution is -0.124. The number of hydrogen-bond donors (Lipinski definition) is 2. The van der Waals surface area contributed by atoms with E-state index in [4.69, 9.17) is 4.74 Å². The smallest absolute Gasteiger partial charge is 0.262 e. The molecule has 0 spiro atoms. The van der Waals surface area contributed by atoms with Crippen molar-refractivity contribution in [3.05, 3.63) is 52.2 Å². The monoisotopic (exact) mass is 429 g/mol. The fraction of sp³-hybridized carbons (Fsp3) is 0.478. The van der Waals surface area contributed by atoms with Crippen LogP contribution >= 0.6 is 11.3 Å². The predicted octanol–water partition coefficient (Wildman–Crippen LogP) is 3.46. The summed E-state index contributed by atoms with van der Waals surface area (Å²) in [4.78, 5) is 28.5. The molecule has 162 valence electrons. The second kappa shape index (κ2) is 10.6. The Balaban J connectivity index is 1.69. The molecule has 2 unspecified atom stereocenters. The lowest BCUT2D eigenvalue weighted by atomic mass is 10.0. The molecule has 30 heavy (non-hydrogen) atoms. The molecule has 1 aromatic carbocycles. The van der Waals surface area contributed by atoms with Crippen molar-refractivity contribution in [2.75, 3.05) is 26.7 Å². The molecule has 2 heterocycles. The first-order valence-electron chi connectivity index (χ1n) is 10.5. The standard InChI is InChI=1S/C23H31N3O3S/c1-16(2)21(25-22(27)20-10-7-13-30-20)23(28)24-15-19(26-11-4-5-12-26)17-8-6-9-18(14-17)29-3/h6-10,13-14,16,19,21H,4-5,11-12,15H2,1-3H3,(H,24,28)(H,25,27). The molecular weight excluding hydrogens is 398 g/mol. The van der Waals surface area contributed by atoms with E-state index in [9.17, 15) is 9.59 Å². The Kier molecular flexibility index (Phi) is 7.87. The van der Waals surface area contributed by atoms with Gasteiger partial charge < -0.3 is 15.4 Å². The molecule has 2 N–H and O–H groups in total. The van der Waals surface area contributed by atoms with Crippen LogP contribution in [0.15, 0.2) is 41.8 Å². The van der Waals surface area contributed by atoms with Crippen LogP contribution in [-0.2, 0) is 4.79 Å². The van der Waals surface area contributed by atoms with Gasteiger partial charge in [0, 0.05) is 6.54 Å². The third-order valence-electron chi connectivity index (χ3n) is 5.51. The van der Waals surface area contributed by atoms with Gasteiger partial charge in [-0.3, -0.25) is 14.5 Å². The number of thiophene rings is 1. The van der Waals surface area contributed by atoms with Gasteiger partial charge in [-0.25, -0.2) is 0 Å². The van der Waals surface area contributed by atoms with Crippen molar-refractivity contribution >= 4 is 23.2 Å². The number of hydrogen-bond acceptors (Lipinski definition) is 5. The summed E-state index contributed by atoms with van der Waals surface area (Å²) in [6.07, 6.45) is 2.33. The molecule has 7 heteroatoms. The highest BCUT2D eigenvalue weighted by Gasteiger charge is 2.28. The zero-order valence-corrected chi connectivity index (χ0v) is 18.7. The zero-order valence-electron chi connectivity index (χ0n) is 17.9. The molecule has 0 radical (unpaired) electrons. The van der Waals surface area contributed by atoms with Gasteiger partial charge in [0.05, 0.1) is 18.0 Å². The molecule has 2 aromatic rings. The molecule has 2 amide bonds. The molecule has 0 bridgehead atoms. The second-order valence-electron chi connectivity index (χ2n) is 7.95. The number of nitrogens with one attached hydrogen (secondary N) is 2. The molecule has 1 aliphatic heterocycles. The van der Waals surface area contributed by atoms with Gasteiger partial charge in [0.2, 0.25) is 5.91 Å². The van der Waals surface area contributed by atoms with Crippen LogP contribution in [0.1, 0.15) is 48.0 Å². The Morgan fingerprint density at radius 1 is 1.17 bits per heavy atom. The molecule has 1 aromatic heterocycles. The van der Waals surface area contributed by atoms with Crippen molar-refractivity contribution in [2.45, 2.75) is 38.8 Å². The maximum atomic E-state index is 13.0. The molecule has 2 atom stereocenters. The molecule has 0 saturated carbocycles. The first-order chi connectivity index (χ1) is 14.5. The number of amides is 2. The first-order valence-corrected chi connectivity index (χ1v) is 11.4. The van der Waals surface area contributed by atoms with E-state index in [1.54, 1.807) is 13.2 Å². The van der Waals surface area contributed by atoms with Crippen molar-refractivity contribution < 1.29 is 14.3 Å². The van der Waals surface area contributed by atoms with Crippen molar-refractivity contribution in [1.29, 1.82) is 0 Å². The third kappa shape index (κ3) is 5.61. The van der Waals surface area contributed by atoms with Crippen molar-refractivity contribution in [1.82, 2.24) is 15.5 Å². The van der Waals surface area contributed by atoms with E-state index in [0.29, 0.717) is 11.4 Å². The largest absolute Gasteiger partial charge is 0.497 e. The minimum Gasteiger partial charge on any atom is -0.497 e. The number of ether oxygens (including phenoxy) is 1. The predicted molar refractivity (Wildman–Crippen MR) is 120 cm³/mol. The number of carbonyl (C=O) groups excluding carboxylic acids is 2. The Morgan fingerprint density at radius 3 is 2.57 bits per heavy atom. The quantitative estimate of drug-likeness (QED) is 0.640. The van der Waals surface area contributed by atoms with E-state index in [-0.39, 0.29) is 23.8 Å². The summed E-state index contributed by atoms with van der Waals surface area (Å²) < 4.78 is 5.39. The lowest BCUT2D eigenvalue weighted by Gasteiger charge is -2.30. The number of likely N-dealkylation sites (tertiary alicyclic amines) is 1. The fourth-order valence-corrected chi connectivity index (χ4v) is 4.45. The molecule has 1 aliphatic rings. The molecule has 0 aliphatic carbocycles. The van der Waals surface area contributed by atoms with E-state index in [1.165, 1.54) is 24.2 Å². The average molecular weight is 430 g/mol. The highest BCUT2D eigenvalue weighted by Crippen LogP contribution is 2.27. The van der Waals surface area contributed by atoms with Crippen LogP contribution in [0, 0.1) is 5.92 Å². The van der Waals surface area contributed by atoms with Gasteiger partial charge in [0.1, 0.15) is 11.8 Å². The summed E-state index contributed by atoms with van der Waals surface area (Å²) in [5, 5.41) is 7.85. The maximum absolute atomic E-state index is 13.0. The second-order valence-corrected chi connectivity index (χ2v) is 8.90. The Hall–Kier alpha value is -2.38. The Labute approximate surface area is 182 Å². The fourth-order valence-electron chi connectivity index (χ4n) is 3.82. The maximum Gasteiger partial charge on any atom is 0.262 e. The van der Waals surface area contributed by atoms with Crippen LogP contribution in [0.3, 0.4) is 0 Å². The van der Waals surface area contributed by atoms with E-state index >= 15 is 0 Å². The lowest BCUT2D eigenvalue weighted by Crippen LogP contribution is -2.51. The Bertz CT molecular complexity index is 832. The van der Waals surface area contributed by atoms with Gasteiger partial charge in [0.15, 0.2) is 0 Å². The minimum atomic E-state index is -0.580. The van der Waals surface area contributed by atoms with E-state index in [2.05, 4.69) is 21.6 Å². The van der Waals surface area contributed by atoms with Crippen LogP contribution in [0.4, 0.5) is 0 Å². The molecule has 1 fully saturated rings. The zero-order chi connectivity index (χ0) is 21.5. The van der Waals surface area contributed by atoms with Gasteiger partial charge >= 0.3 is 0 Å². The molecule has 6 nitrogen and oxygen atoms in total. The third-order valence-corrected chi connectivity index (χ3v) is 6.38. The van der Waals surface area contributed by atoms with Crippen molar-refractivity contribution in [3.63, 3.8) is 0 Å². The van der Waals surface area contributed by atoms with E-state index in [0.717, 1.165) is 24.4 Å². The van der Waals surface area contributed by atoms with Crippen LogP contribution in [-0.4, -0.2) is 49.5 Å². The first kappa shape index (κ1) is 22.3. The molecule has 3 rings (SSSR count). The van der Waals surface area contributed by atoms with Gasteiger partial charge in [-0.1, -0.05) is 32.0 Å². The number of rotatable bonds is 9. The van der Waals surface area contributed by atoms with Crippen LogP contribution in [0.25, 0.3) is 0 Å². The number of benzene rings is 1. The summed E-state index contributed by atoms with van der Waals surface area (Å²) in [7, 11) is 1.66. The average Bonchev–Trinajstić information content (AvgIpc) is 3.46. The van der Waals surface area contributed by atoms with Gasteiger partial charge in [-0.05, 0) is 61.0 Å². The van der Waals surface area contributed by atoms with Gasteiger partial charge in [-0.15, -0.1) is 11.3 Å². The van der Waals surface area contributed by atoms with Gasteiger partial charge in [0.25, 0.3) is 5.91 Å². The topological polar surface area (TPSA) is 70.7 Å². The number of carbonyl (C=O) groups is 2. The summed E-state index contributed by atoms with van der Waals surface area (Å²) in [6.45, 7) is 6.41. The summed E-state index contributed by atoms with van der Waals surface area (Å²) >= 11 is 1.37. The van der Waals surface area contributed by atoms with Crippen LogP contribution < -0.4 is 15.4 Å². The molecular formula is C23H31N3O3S. The van der Waals surface area contributed by atoms with Crippen LogP contribution in [0.2, 0.25) is 0 Å². The summed E-state index contributed by atoms with van der Waals surface area (Å²) in [5.74, 6) is 0.437. The Morgan fingerprint density at radius 2 is 1.93 bits per heavy atom. The highest BCUT2D eigenvalue weighted by atomic mass is 32.1.